The Labute approximate surface area is 123 Å². The first-order valence-corrected chi connectivity index (χ1v) is 6.87. The molecular weight excluding hydrogens is 260 g/mol. The normalized spacial score (nSPS) is 10.7. The highest BCUT2D eigenvalue weighted by Crippen LogP contribution is 2.24. The van der Waals surface area contributed by atoms with Gasteiger partial charge < -0.3 is 4.74 Å². The van der Waals surface area contributed by atoms with Gasteiger partial charge in [0.2, 0.25) is 0 Å². The van der Waals surface area contributed by atoms with E-state index in [9.17, 15) is 4.79 Å². The van der Waals surface area contributed by atoms with Crippen LogP contribution in [0.4, 0.5) is 0 Å². The first-order valence-electron chi connectivity index (χ1n) is 6.87. The molecule has 0 amide bonds. The van der Waals surface area contributed by atoms with Gasteiger partial charge >= 0.3 is 5.97 Å². The minimum absolute atomic E-state index is 0.272. The van der Waals surface area contributed by atoms with Crippen molar-refractivity contribution < 1.29 is 9.53 Å². The van der Waals surface area contributed by atoms with Crippen molar-refractivity contribution >= 4 is 27.5 Å². The topological polar surface area (TPSA) is 26.3 Å². The second-order valence-electron chi connectivity index (χ2n) is 5.24. The molecule has 3 rings (SSSR count). The molecule has 0 heterocycles. The highest BCUT2D eigenvalue weighted by Gasteiger charge is 2.04. The third-order valence-corrected chi connectivity index (χ3v) is 3.49. The largest absolute Gasteiger partial charge is 0.457 e. The molecule has 0 atom stereocenters. The van der Waals surface area contributed by atoms with Crippen LogP contribution in [0.15, 0.2) is 66.7 Å². The van der Waals surface area contributed by atoms with E-state index in [1.165, 1.54) is 16.2 Å². The summed E-state index contributed by atoms with van der Waals surface area (Å²) in [5.41, 5.74) is 1.40. The fourth-order valence-corrected chi connectivity index (χ4v) is 2.35. The smallest absolute Gasteiger partial charge is 0.333 e. The molecule has 0 aromatic heterocycles. The molecule has 0 bridgehead atoms. The van der Waals surface area contributed by atoms with Gasteiger partial charge in [-0.3, -0.25) is 0 Å². The Morgan fingerprint density at radius 1 is 0.952 bits per heavy atom. The fourth-order valence-electron chi connectivity index (χ4n) is 2.35. The van der Waals surface area contributed by atoms with E-state index in [0.717, 1.165) is 10.9 Å². The van der Waals surface area contributed by atoms with Crippen molar-refractivity contribution in [2.24, 2.45) is 0 Å². The van der Waals surface area contributed by atoms with Crippen LogP contribution in [0.1, 0.15) is 12.5 Å². The van der Waals surface area contributed by atoms with Crippen LogP contribution in [0, 0.1) is 0 Å². The number of esters is 1. The number of hydrogen-bond acceptors (Lipinski definition) is 2. The first-order chi connectivity index (χ1) is 10.1. The third-order valence-electron chi connectivity index (χ3n) is 3.49. The minimum atomic E-state index is -0.353. The molecule has 0 fully saturated rings. The second-order valence-corrected chi connectivity index (χ2v) is 5.24. The summed E-state index contributed by atoms with van der Waals surface area (Å²) in [6, 6.07) is 18.7. The van der Waals surface area contributed by atoms with Crippen molar-refractivity contribution in [3.63, 3.8) is 0 Å². The summed E-state index contributed by atoms with van der Waals surface area (Å²) in [4.78, 5) is 11.4. The van der Waals surface area contributed by atoms with E-state index in [1.54, 1.807) is 6.92 Å². The first kappa shape index (κ1) is 13.4. The molecule has 0 radical (unpaired) electrons. The van der Waals surface area contributed by atoms with Crippen molar-refractivity contribution in [3.05, 3.63) is 72.3 Å². The van der Waals surface area contributed by atoms with Crippen LogP contribution in [0.5, 0.6) is 0 Å². The number of rotatable bonds is 3. The number of carbonyl (C=O) groups excluding carboxylic acids is 1. The van der Waals surface area contributed by atoms with Crippen molar-refractivity contribution in [2.75, 3.05) is 0 Å². The van der Waals surface area contributed by atoms with Crippen LogP contribution in [0.25, 0.3) is 21.5 Å². The molecule has 104 valence electrons. The molecule has 3 aromatic carbocycles. The summed E-state index contributed by atoms with van der Waals surface area (Å²) in [5.74, 6) is -0.353. The molecule has 2 heteroatoms. The molecule has 3 aromatic rings. The van der Waals surface area contributed by atoms with Crippen LogP contribution < -0.4 is 0 Å². The van der Waals surface area contributed by atoms with Crippen LogP contribution in [0.2, 0.25) is 0 Å². The van der Waals surface area contributed by atoms with Gasteiger partial charge in [-0.05, 0) is 52.2 Å². The summed E-state index contributed by atoms with van der Waals surface area (Å²) in [5, 5.41) is 4.77. The molecule has 2 nitrogen and oxygen atoms in total. The van der Waals surface area contributed by atoms with E-state index >= 15 is 0 Å². The van der Waals surface area contributed by atoms with E-state index in [4.69, 9.17) is 4.74 Å². The van der Waals surface area contributed by atoms with Gasteiger partial charge in [0.25, 0.3) is 0 Å². The predicted octanol–water partition coefficient (Wildman–Crippen LogP) is 4.61. The SMILES string of the molecule is C=C(C)C(=O)OCc1ccc2cc3ccccc3cc2c1. The zero-order valence-corrected chi connectivity index (χ0v) is 11.9. The van der Waals surface area contributed by atoms with E-state index in [1.807, 2.05) is 18.2 Å². The number of carbonyl (C=O) groups is 1. The second kappa shape index (κ2) is 5.41. The molecular formula is C19H16O2. The van der Waals surface area contributed by atoms with Gasteiger partial charge in [-0.2, -0.15) is 0 Å². The van der Waals surface area contributed by atoms with E-state index in [0.29, 0.717) is 5.57 Å². The summed E-state index contributed by atoms with van der Waals surface area (Å²) in [6.07, 6.45) is 0. The third kappa shape index (κ3) is 2.79. The molecule has 0 N–H and O–H groups in total. The van der Waals surface area contributed by atoms with E-state index in [-0.39, 0.29) is 12.6 Å². The number of ether oxygens (including phenoxy) is 1. The summed E-state index contributed by atoms with van der Waals surface area (Å²) in [7, 11) is 0. The zero-order valence-electron chi connectivity index (χ0n) is 11.9. The van der Waals surface area contributed by atoms with Crippen molar-refractivity contribution in [2.45, 2.75) is 13.5 Å². The molecule has 21 heavy (non-hydrogen) atoms. The Balaban J connectivity index is 1.94. The van der Waals surface area contributed by atoms with Crippen molar-refractivity contribution in [3.8, 4) is 0 Å². The standard InChI is InChI=1S/C19H16O2/c1-13(2)19(20)21-12-14-7-8-17-10-15-5-3-4-6-16(15)11-18(17)9-14/h3-11H,1,12H2,2H3. The summed E-state index contributed by atoms with van der Waals surface area (Å²) < 4.78 is 5.19. The highest BCUT2D eigenvalue weighted by atomic mass is 16.5. The quantitative estimate of drug-likeness (QED) is 0.396. The average molecular weight is 276 g/mol. The molecule has 0 aliphatic rings. The van der Waals surface area contributed by atoms with Crippen LogP contribution in [-0.2, 0) is 16.1 Å². The van der Waals surface area contributed by atoms with Gasteiger partial charge in [0.15, 0.2) is 0 Å². The van der Waals surface area contributed by atoms with Crippen LogP contribution in [0.3, 0.4) is 0 Å². The number of fused-ring (bicyclic) bond motifs is 2. The summed E-state index contributed by atoms with van der Waals surface area (Å²) in [6.45, 7) is 5.50. The molecule has 0 spiro atoms. The minimum Gasteiger partial charge on any atom is -0.457 e. The Bertz CT molecular complexity index is 846. The Kier molecular flexibility index (Phi) is 3.44. The Morgan fingerprint density at radius 2 is 1.57 bits per heavy atom. The van der Waals surface area contributed by atoms with Gasteiger partial charge in [0.1, 0.15) is 6.61 Å². The maximum atomic E-state index is 11.4. The van der Waals surface area contributed by atoms with Gasteiger partial charge in [-0.1, -0.05) is 43.0 Å². The molecule has 0 saturated carbocycles. The van der Waals surface area contributed by atoms with Gasteiger partial charge in [0, 0.05) is 5.57 Å². The fraction of sp³-hybridized carbons (Fsp3) is 0.105. The predicted molar refractivity (Wildman–Crippen MR) is 86.1 cm³/mol. The lowest BCUT2D eigenvalue weighted by atomic mass is 10.0. The van der Waals surface area contributed by atoms with Gasteiger partial charge in [0.05, 0.1) is 0 Å². The van der Waals surface area contributed by atoms with E-state index < -0.39 is 0 Å². The van der Waals surface area contributed by atoms with Crippen molar-refractivity contribution in [1.29, 1.82) is 0 Å². The Morgan fingerprint density at radius 3 is 2.24 bits per heavy atom. The van der Waals surface area contributed by atoms with Crippen LogP contribution in [-0.4, -0.2) is 5.97 Å². The molecule has 0 aliphatic carbocycles. The lowest BCUT2D eigenvalue weighted by Crippen LogP contribution is -2.04. The maximum absolute atomic E-state index is 11.4. The van der Waals surface area contributed by atoms with Crippen LogP contribution >= 0.6 is 0 Å². The molecule has 0 saturated heterocycles. The van der Waals surface area contributed by atoms with Gasteiger partial charge in [-0.25, -0.2) is 4.79 Å². The average Bonchev–Trinajstić information content (AvgIpc) is 2.50. The maximum Gasteiger partial charge on any atom is 0.333 e. The van der Waals surface area contributed by atoms with E-state index in [2.05, 4.69) is 43.0 Å². The van der Waals surface area contributed by atoms with Gasteiger partial charge in [-0.15, -0.1) is 0 Å². The lowest BCUT2D eigenvalue weighted by molar-refractivity contribution is -0.140. The van der Waals surface area contributed by atoms with Crippen molar-refractivity contribution in [1.82, 2.24) is 0 Å². The number of hydrogen-bond donors (Lipinski definition) is 0. The molecule has 0 aliphatic heterocycles. The molecule has 0 unspecified atom stereocenters. The highest BCUT2D eigenvalue weighted by molar-refractivity contribution is 5.98. The zero-order chi connectivity index (χ0) is 14.8. The monoisotopic (exact) mass is 276 g/mol. The lowest BCUT2D eigenvalue weighted by Gasteiger charge is -2.07. The number of benzene rings is 3. The summed E-state index contributed by atoms with van der Waals surface area (Å²) >= 11 is 0. The Hall–Kier alpha value is -2.61.